The molecule has 3 N–H and O–H groups in total. The third kappa shape index (κ3) is 4.56. The highest BCUT2D eigenvalue weighted by atomic mass is 35.5. The van der Waals surface area contributed by atoms with Gasteiger partial charge in [-0.2, -0.15) is 0 Å². The minimum Gasteiger partial charge on any atom is -0.367 e. The summed E-state index contributed by atoms with van der Waals surface area (Å²) < 4.78 is 0. The summed E-state index contributed by atoms with van der Waals surface area (Å²) in [7, 11) is 0. The van der Waals surface area contributed by atoms with Gasteiger partial charge in [0.25, 0.3) is 11.8 Å². The summed E-state index contributed by atoms with van der Waals surface area (Å²) in [4.78, 5) is 47.2. The SMILES string of the molecule is O=C1Cc2cc(C(=O)NC3CCN(C(=O)c4ccc5c(Cl)cc(-c6cc[nH]c6)nc5c4)CC3)ccc2N1. The Balaban J connectivity index is 1.11. The van der Waals surface area contributed by atoms with Gasteiger partial charge in [0.2, 0.25) is 5.91 Å². The zero-order chi connectivity index (χ0) is 25.5. The molecule has 2 aliphatic heterocycles. The smallest absolute Gasteiger partial charge is 0.253 e. The van der Waals surface area contributed by atoms with Crippen molar-refractivity contribution in [2.45, 2.75) is 25.3 Å². The lowest BCUT2D eigenvalue weighted by Crippen LogP contribution is -2.46. The number of rotatable bonds is 4. The molecule has 0 unspecified atom stereocenters. The van der Waals surface area contributed by atoms with Crippen molar-refractivity contribution >= 4 is 45.9 Å². The van der Waals surface area contributed by atoms with E-state index in [9.17, 15) is 14.4 Å². The second kappa shape index (κ2) is 9.37. The van der Waals surface area contributed by atoms with Crippen LogP contribution in [-0.4, -0.2) is 51.7 Å². The molecule has 2 aromatic heterocycles. The Bertz CT molecular complexity index is 1540. The fourth-order valence-corrected chi connectivity index (χ4v) is 5.26. The summed E-state index contributed by atoms with van der Waals surface area (Å²) in [5.41, 5.74) is 5.04. The number of likely N-dealkylation sites (tertiary alicyclic amines) is 1. The number of fused-ring (bicyclic) bond motifs is 2. The van der Waals surface area contributed by atoms with Crippen LogP contribution in [0, 0.1) is 0 Å². The fraction of sp³-hybridized carbons (Fsp3) is 0.214. The summed E-state index contributed by atoms with van der Waals surface area (Å²) >= 11 is 6.50. The van der Waals surface area contributed by atoms with Gasteiger partial charge in [0, 0.05) is 59.3 Å². The van der Waals surface area contributed by atoms with E-state index in [2.05, 4.69) is 15.6 Å². The highest BCUT2D eigenvalue weighted by molar-refractivity contribution is 6.35. The predicted molar refractivity (Wildman–Crippen MR) is 142 cm³/mol. The molecular weight excluding hydrogens is 490 g/mol. The lowest BCUT2D eigenvalue weighted by atomic mass is 10.0. The van der Waals surface area contributed by atoms with Crippen LogP contribution in [0.5, 0.6) is 0 Å². The molecule has 1 fully saturated rings. The molecule has 6 rings (SSSR count). The van der Waals surface area contributed by atoms with Crippen molar-refractivity contribution in [3.05, 3.63) is 82.6 Å². The standard InChI is InChI=1S/C28H24ClN5O3/c29-22-14-24(18-5-8-30-15-18)32-25-12-17(1-3-21(22)25)28(37)34-9-6-20(7-10-34)31-27(36)16-2-4-23-19(11-16)13-26(35)33-23/h1-5,8,11-12,14-15,20,30H,6-7,9-10,13H2,(H,31,36)(H,33,35). The molecule has 0 aliphatic carbocycles. The summed E-state index contributed by atoms with van der Waals surface area (Å²) in [6.07, 6.45) is 5.30. The second-order valence-corrected chi connectivity index (χ2v) is 9.86. The van der Waals surface area contributed by atoms with Crippen molar-refractivity contribution in [1.82, 2.24) is 20.2 Å². The lowest BCUT2D eigenvalue weighted by Gasteiger charge is -2.32. The molecule has 186 valence electrons. The Kier molecular flexibility index (Phi) is 5.88. The minimum atomic E-state index is -0.164. The van der Waals surface area contributed by atoms with E-state index in [4.69, 9.17) is 16.6 Å². The van der Waals surface area contributed by atoms with Crippen LogP contribution >= 0.6 is 11.6 Å². The van der Waals surface area contributed by atoms with Crippen LogP contribution in [0.2, 0.25) is 5.02 Å². The molecule has 3 amide bonds. The first-order chi connectivity index (χ1) is 17.9. The molecule has 0 bridgehead atoms. The van der Waals surface area contributed by atoms with E-state index in [0.717, 1.165) is 27.9 Å². The monoisotopic (exact) mass is 513 g/mol. The molecule has 0 atom stereocenters. The molecular formula is C28H24ClN5O3. The number of carbonyl (C=O) groups is 3. The average molecular weight is 514 g/mol. The van der Waals surface area contributed by atoms with Gasteiger partial charge in [0.05, 0.1) is 22.7 Å². The van der Waals surface area contributed by atoms with Gasteiger partial charge in [-0.15, -0.1) is 0 Å². The molecule has 1 saturated heterocycles. The maximum Gasteiger partial charge on any atom is 0.253 e. The Morgan fingerprint density at radius 1 is 1.03 bits per heavy atom. The fourth-order valence-electron chi connectivity index (χ4n) is 5.00. The van der Waals surface area contributed by atoms with Gasteiger partial charge < -0.3 is 20.5 Å². The van der Waals surface area contributed by atoms with Gasteiger partial charge >= 0.3 is 0 Å². The Morgan fingerprint density at radius 2 is 1.84 bits per heavy atom. The topological polar surface area (TPSA) is 107 Å². The largest absolute Gasteiger partial charge is 0.367 e. The van der Waals surface area contributed by atoms with Crippen LogP contribution in [0.25, 0.3) is 22.2 Å². The van der Waals surface area contributed by atoms with Gasteiger partial charge in [-0.1, -0.05) is 17.7 Å². The van der Waals surface area contributed by atoms with E-state index < -0.39 is 0 Å². The quantitative estimate of drug-likeness (QED) is 0.375. The lowest BCUT2D eigenvalue weighted by molar-refractivity contribution is -0.115. The summed E-state index contributed by atoms with van der Waals surface area (Å²) in [6.45, 7) is 1.09. The molecule has 0 saturated carbocycles. The first-order valence-corrected chi connectivity index (χ1v) is 12.6. The van der Waals surface area contributed by atoms with Crippen LogP contribution < -0.4 is 10.6 Å². The molecule has 8 nitrogen and oxygen atoms in total. The third-order valence-corrected chi connectivity index (χ3v) is 7.32. The predicted octanol–water partition coefficient (Wildman–Crippen LogP) is 4.41. The van der Waals surface area contributed by atoms with Gasteiger partial charge in [0.1, 0.15) is 0 Å². The van der Waals surface area contributed by atoms with E-state index in [0.29, 0.717) is 54.0 Å². The van der Waals surface area contributed by atoms with Crippen molar-refractivity contribution in [2.75, 3.05) is 18.4 Å². The molecule has 4 aromatic rings. The summed E-state index contributed by atoms with van der Waals surface area (Å²) in [5, 5.41) is 7.24. The number of anilines is 1. The number of H-pyrrole nitrogens is 1. The van der Waals surface area contributed by atoms with E-state index in [1.807, 2.05) is 35.5 Å². The number of hydrogen-bond donors (Lipinski definition) is 3. The molecule has 2 aliphatic rings. The van der Waals surface area contributed by atoms with Crippen molar-refractivity contribution < 1.29 is 14.4 Å². The third-order valence-electron chi connectivity index (χ3n) is 7.01. The molecule has 2 aromatic carbocycles. The van der Waals surface area contributed by atoms with Crippen molar-refractivity contribution in [3.8, 4) is 11.3 Å². The number of nitrogens with zero attached hydrogens (tertiary/aromatic N) is 2. The Morgan fingerprint density at radius 3 is 2.62 bits per heavy atom. The highest BCUT2D eigenvalue weighted by Gasteiger charge is 2.26. The minimum absolute atomic E-state index is 0.0226. The van der Waals surface area contributed by atoms with E-state index >= 15 is 0 Å². The van der Waals surface area contributed by atoms with Gasteiger partial charge in [-0.3, -0.25) is 14.4 Å². The number of hydrogen-bond acceptors (Lipinski definition) is 4. The van der Waals surface area contributed by atoms with Gasteiger partial charge in [-0.25, -0.2) is 4.98 Å². The number of aromatic nitrogens is 2. The Hall–Kier alpha value is -4.17. The van der Waals surface area contributed by atoms with Crippen LogP contribution in [0.3, 0.4) is 0 Å². The second-order valence-electron chi connectivity index (χ2n) is 9.46. The van der Waals surface area contributed by atoms with E-state index in [1.54, 1.807) is 30.3 Å². The maximum absolute atomic E-state index is 13.3. The zero-order valence-corrected chi connectivity index (χ0v) is 20.6. The average Bonchev–Trinajstić information content (AvgIpc) is 3.57. The number of aromatic amines is 1. The molecule has 4 heterocycles. The molecule has 0 spiro atoms. The van der Waals surface area contributed by atoms with Crippen molar-refractivity contribution in [2.24, 2.45) is 0 Å². The number of benzene rings is 2. The Labute approximate surface area is 218 Å². The molecule has 0 radical (unpaired) electrons. The number of pyridine rings is 1. The number of nitrogens with one attached hydrogen (secondary N) is 3. The van der Waals surface area contributed by atoms with Crippen molar-refractivity contribution in [1.29, 1.82) is 0 Å². The normalized spacial score (nSPS) is 15.5. The number of piperidine rings is 1. The number of amides is 3. The first kappa shape index (κ1) is 23.2. The number of carbonyl (C=O) groups excluding carboxylic acids is 3. The van der Waals surface area contributed by atoms with Crippen LogP contribution in [-0.2, 0) is 11.2 Å². The van der Waals surface area contributed by atoms with Crippen LogP contribution in [0.15, 0.2) is 60.9 Å². The summed E-state index contributed by atoms with van der Waals surface area (Å²) in [6, 6.07) is 14.4. The first-order valence-electron chi connectivity index (χ1n) is 12.2. The zero-order valence-electron chi connectivity index (χ0n) is 19.9. The van der Waals surface area contributed by atoms with E-state index in [-0.39, 0.29) is 23.8 Å². The maximum atomic E-state index is 13.3. The molecule has 9 heteroatoms. The van der Waals surface area contributed by atoms with Crippen molar-refractivity contribution in [3.63, 3.8) is 0 Å². The van der Waals surface area contributed by atoms with Crippen LogP contribution in [0.1, 0.15) is 39.1 Å². The molecule has 37 heavy (non-hydrogen) atoms. The van der Waals surface area contributed by atoms with Gasteiger partial charge in [-0.05, 0) is 60.9 Å². The van der Waals surface area contributed by atoms with Gasteiger partial charge in [0.15, 0.2) is 0 Å². The summed E-state index contributed by atoms with van der Waals surface area (Å²) in [5.74, 6) is -0.286. The van der Waals surface area contributed by atoms with E-state index in [1.165, 1.54) is 0 Å². The highest BCUT2D eigenvalue weighted by Crippen LogP contribution is 2.29. The number of halogens is 1. The van der Waals surface area contributed by atoms with Crippen LogP contribution in [0.4, 0.5) is 5.69 Å².